The van der Waals surface area contributed by atoms with Crippen molar-refractivity contribution in [3.63, 3.8) is 0 Å². The predicted octanol–water partition coefficient (Wildman–Crippen LogP) is 5.36. The number of benzene rings is 2. The van der Waals surface area contributed by atoms with E-state index in [1.54, 1.807) is 22.8 Å². The maximum absolute atomic E-state index is 13.9. The lowest BCUT2D eigenvalue weighted by Crippen LogP contribution is -2.40. The van der Waals surface area contributed by atoms with E-state index in [-0.39, 0.29) is 11.5 Å². The number of urea groups is 1. The molecule has 1 aromatic heterocycles. The van der Waals surface area contributed by atoms with Gasteiger partial charge in [-0.3, -0.25) is 9.63 Å². The van der Waals surface area contributed by atoms with E-state index in [1.807, 2.05) is 65.0 Å². The molecule has 0 saturated heterocycles. The van der Waals surface area contributed by atoms with E-state index in [0.29, 0.717) is 28.7 Å². The smallest absolute Gasteiger partial charge is 0.405 e. The lowest BCUT2D eigenvalue weighted by molar-refractivity contribution is 0.114. The Morgan fingerprint density at radius 2 is 1.72 bits per heavy atom. The van der Waals surface area contributed by atoms with Crippen LogP contribution in [-0.4, -0.2) is 28.9 Å². The zero-order valence-electron chi connectivity index (χ0n) is 21.5. The van der Waals surface area contributed by atoms with Crippen molar-refractivity contribution >= 4 is 28.6 Å². The molecule has 1 unspecified atom stereocenters. The van der Waals surface area contributed by atoms with Gasteiger partial charge in [0.2, 0.25) is 0 Å². The molecule has 1 heterocycles. The van der Waals surface area contributed by atoms with Crippen molar-refractivity contribution in [2.45, 2.75) is 47.2 Å². The Kier molecular flexibility index (Phi) is 8.04. The number of nitrogens with zero attached hydrogens (tertiary/aromatic N) is 1. The summed E-state index contributed by atoms with van der Waals surface area (Å²) < 4.78 is 1.70. The van der Waals surface area contributed by atoms with Crippen LogP contribution in [0.15, 0.2) is 53.3 Å². The summed E-state index contributed by atoms with van der Waals surface area (Å²) in [6.07, 6.45) is -1.18. The maximum atomic E-state index is 13.9. The minimum absolute atomic E-state index is 0.131. The Hall–Kier alpha value is -3.85. The summed E-state index contributed by atoms with van der Waals surface area (Å²) in [5, 5.41) is 16.2. The second-order valence-corrected chi connectivity index (χ2v) is 10.2. The summed E-state index contributed by atoms with van der Waals surface area (Å²) in [6, 6.07) is 13.4. The Morgan fingerprint density at radius 1 is 1.06 bits per heavy atom. The van der Waals surface area contributed by atoms with Crippen molar-refractivity contribution < 1.29 is 19.5 Å². The number of aromatic nitrogens is 1. The van der Waals surface area contributed by atoms with Crippen molar-refractivity contribution in [2.75, 3.05) is 12.4 Å². The third-order valence-corrected chi connectivity index (χ3v) is 5.78. The number of nitrogens with one attached hydrogen (secondary N) is 3. The monoisotopic (exact) mass is 494 g/mol. The van der Waals surface area contributed by atoms with Crippen LogP contribution in [0.5, 0.6) is 0 Å². The Labute approximate surface area is 210 Å². The molecule has 0 bridgehead atoms. The molecular formula is C27H34N4O5. The maximum Gasteiger partial charge on any atom is 0.405 e. The average molecular weight is 495 g/mol. The number of amides is 3. The number of hydrogen-bond acceptors (Lipinski definition) is 4. The van der Waals surface area contributed by atoms with Crippen LogP contribution >= 0.6 is 0 Å². The second-order valence-electron chi connectivity index (χ2n) is 10.2. The molecule has 4 N–H and O–H groups in total. The van der Waals surface area contributed by atoms with Crippen LogP contribution in [0.3, 0.4) is 0 Å². The summed E-state index contributed by atoms with van der Waals surface area (Å²) in [4.78, 5) is 42.6. The number of hydrogen-bond donors (Lipinski definition) is 4. The summed E-state index contributed by atoms with van der Waals surface area (Å²) in [6.45, 7) is 10.2. The van der Waals surface area contributed by atoms with Crippen molar-refractivity contribution in [2.24, 2.45) is 11.3 Å². The van der Waals surface area contributed by atoms with Gasteiger partial charge in [-0.25, -0.2) is 15.1 Å². The highest BCUT2D eigenvalue weighted by Gasteiger charge is 2.34. The first-order valence-electron chi connectivity index (χ1n) is 11.8. The highest BCUT2D eigenvalue weighted by atomic mass is 16.6. The van der Waals surface area contributed by atoms with Gasteiger partial charge in [0, 0.05) is 23.2 Å². The van der Waals surface area contributed by atoms with Crippen LogP contribution in [0.25, 0.3) is 21.9 Å². The number of pyridine rings is 1. The second kappa shape index (κ2) is 10.8. The van der Waals surface area contributed by atoms with Crippen LogP contribution in [0, 0.1) is 11.3 Å². The van der Waals surface area contributed by atoms with Gasteiger partial charge >= 0.3 is 12.1 Å². The average Bonchev–Trinajstić information content (AvgIpc) is 2.79. The molecule has 192 valence electrons. The number of fused-ring (bicyclic) bond motifs is 1. The van der Waals surface area contributed by atoms with E-state index in [4.69, 9.17) is 0 Å². The highest BCUT2D eigenvalue weighted by molar-refractivity contribution is 6.01. The van der Waals surface area contributed by atoms with E-state index >= 15 is 0 Å². The summed E-state index contributed by atoms with van der Waals surface area (Å²) in [7, 11) is 1.33. The van der Waals surface area contributed by atoms with Gasteiger partial charge in [0.1, 0.15) is 0 Å². The molecular weight excluding hydrogens is 460 g/mol. The van der Waals surface area contributed by atoms with Crippen LogP contribution in [0.1, 0.15) is 46.4 Å². The third kappa shape index (κ3) is 5.85. The van der Waals surface area contributed by atoms with E-state index in [9.17, 15) is 19.5 Å². The zero-order valence-corrected chi connectivity index (χ0v) is 21.5. The number of carboxylic acid groups (broad SMARTS) is 1. The molecule has 3 amide bonds. The topological polar surface area (TPSA) is 122 Å². The largest absolute Gasteiger partial charge is 0.465 e. The van der Waals surface area contributed by atoms with Crippen LogP contribution < -0.4 is 21.7 Å². The molecule has 9 heteroatoms. The van der Waals surface area contributed by atoms with Gasteiger partial charge < -0.3 is 20.3 Å². The standard InChI is InChI=1S/C27H34N4O5/c1-16(2)15-31-22(23(27(3,4)5)29-26(34)35)21(17-10-8-7-9-11-17)20-14-18(28-25(33)30-36-6)12-13-19(20)24(31)32/h7-14,16,23,29H,15H2,1-6H3,(H,34,35)(H2,28,30,33). The quantitative estimate of drug-likeness (QED) is 0.329. The molecule has 0 fully saturated rings. The number of hydroxylamine groups is 1. The molecule has 0 aliphatic carbocycles. The Bertz CT molecular complexity index is 1310. The van der Waals surface area contributed by atoms with Gasteiger partial charge in [-0.1, -0.05) is 65.0 Å². The van der Waals surface area contributed by atoms with Gasteiger partial charge in [0.15, 0.2) is 0 Å². The van der Waals surface area contributed by atoms with Crippen molar-refractivity contribution in [3.8, 4) is 11.1 Å². The number of carbonyl (C=O) groups excluding carboxylic acids is 1. The minimum atomic E-state index is -1.18. The molecule has 9 nitrogen and oxygen atoms in total. The highest BCUT2D eigenvalue weighted by Crippen LogP contribution is 2.41. The fourth-order valence-corrected chi connectivity index (χ4v) is 4.37. The fraction of sp³-hybridized carbons (Fsp3) is 0.370. The summed E-state index contributed by atoms with van der Waals surface area (Å²) in [5.74, 6) is 0.131. The van der Waals surface area contributed by atoms with Crippen LogP contribution in [0.2, 0.25) is 0 Å². The molecule has 0 radical (unpaired) electrons. The van der Waals surface area contributed by atoms with Crippen molar-refractivity contribution in [1.29, 1.82) is 0 Å². The first kappa shape index (κ1) is 26.7. The number of carbonyl (C=O) groups is 2. The SMILES string of the molecule is CONC(=O)Nc1ccc2c(=O)n(CC(C)C)c(C(NC(=O)O)C(C)(C)C)c(-c3ccccc3)c2c1. The predicted molar refractivity (Wildman–Crippen MR) is 141 cm³/mol. The van der Waals surface area contributed by atoms with Gasteiger partial charge in [-0.05, 0) is 40.5 Å². The summed E-state index contributed by atoms with van der Waals surface area (Å²) in [5.41, 5.74) is 4.03. The normalized spacial score (nSPS) is 12.4. The van der Waals surface area contributed by atoms with E-state index in [0.717, 1.165) is 11.1 Å². The molecule has 36 heavy (non-hydrogen) atoms. The van der Waals surface area contributed by atoms with E-state index < -0.39 is 23.6 Å². The molecule has 0 saturated carbocycles. The first-order chi connectivity index (χ1) is 16.9. The summed E-state index contributed by atoms with van der Waals surface area (Å²) >= 11 is 0. The third-order valence-electron chi connectivity index (χ3n) is 5.78. The molecule has 1 atom stereocenters. The van der Waals surface area contributed by atoms with Gasteiger partial charge in [-0.15, -0.1) is 0 Å². The van der Waals surface area contributed by atoms with Crippen LogP contribution in [0.4, 0.5) is 15.3 Å². The molecule has 0 aliphatic rings. The van der Waals surface area contributed by atoms with Crippen LogP contribution in [-0.2, 0) is 11.4 Å². The lowest BCUT2D eigenvalue weighted by Gasteiger charge is -2.35. The minimum Gasteiger partial charge on any atom is -0.465 e. The van der Waals surface area contributed by atoms with E-state index in [1.165, 1.54) is 7.11 Å². The molecule has 2 aromatic carbocycles. The van der Waals surface area contributed by atoms with E-state index in [2.05, 4.69) is 21.0 Å². The number of rotatable bonds is 7. The molecule has 3 aromatic rings. The lowest BCUT2D eigenvalue weighted by atomic mass is 9.80. The molecule has 3 rings (SSSR count). The van der Waals surface area contributed by atoms with Crippen molar-refractivity contribution in [3.05, 3.63) is 64.6 Å². The van der Waals surface area contributed by atoms with Gasteiger partial charge in [0.05, 0.1) is 18.8 Å². The van der Waals surface area contributed by atoms with Gasteiger partial charge in [0.25, 0.3) is 5.56 Å². The first-order valence-corrected chi connectivity index (χ1v) is 11.8. The Balaban J connectivity index is 2.50. The van der Waals surface area contributed by atoms with Gasteiger partial charge in [-0.2, -0.15) is 0 Å². The zero-order chi connectivity index (χ0) is 26.6. The fourth-order valence-electron chi connectivity index (χ4n) is 4.37. The molecule has 0 aliphatic heterocycles. The molecule has 0 spiro atoms. The Morgan fingerprint density at radius 3 is 2.28 bits per heavy atom. The van der Waals surface area contributed by atoms with Crippen molar-refractivity contribution in [1.82, 2.24) is 15.4 Å². The number of anilines is 1.